The van der Waals surface area contributed by atoms with Crippen LogP contribution in [0.5, 0.6) is 0 Å². The van der Waals surface area contributed by atoms with Gasteiger partial charge in [0, 0.05) is 49.8 Å². The van der Waals surface area contributed by atoms with E-state index >= 15 is 0 Å². The zero-order valence-electron chi connectivity index (χ0n) is 16.1. The Morgan fingerprint density at radius 3 is 3.08 bits per heavy atom. The molecule has 26 heavy (non-hydrogen) atoms. The third-order valence-corrected chi connectivity index (χ3v) is 6.22. The molecule has 3 rings (SSSR count). The lowest BCUT2D eigenvalue weighted by atomic mass is 10.1. The van der Waals surface area contributed by atoms with Gasteiger partial charge in [-0.1, -0.05) is 19.9 Å². The zero-order chi connectivity index (χ0) is 18.4. The fraction of sp³-hybridized carbons (Fsp3) is 0.632. The smallest absolute Gasteiger partial charge is 0.193 e. The Balaban J connectivity index is 1.57. The number of fused-ring (bicyclic) bond motifs is 1. The fourth-order valence-corrected chi connectivity index (χ4v) is 4.48. The first kappa shape index (κ1) is 19.0. The number of aromatic nitrogens is 3. The van der Waals surface area contributed by atoms with Crippen LogP contribution >= 0.6 is 11.8 Å². The second kappa shape index (κ2) is 9.26. The summed E-state index contributed by atoms with van der Waals surface area (Å²) in [6.45, 7) is 10.6. The zero-order valence-corrected chi connectivity index (χ0v) is 16.9. The second-order valence-corrected chi connectivity index (χ2v) is 8.33. The summed E-state index contributed by atoms with van der Waals surface area (Å²) in [5.74, 6) is 3.95. The van der Waals surface area contributed by atoms with Gasteiger partial charge in [-0.3, -0.25) is 9.39 Å². The molecule has 1 N–H and O–H groups in total. The van der Waals surface area contributed by atoms with Gasteiger partial charge in [-0.2, -0.15) is 11.8 Å². The molecule has 0 aliphatic carbocycles. The molecular weight excluding hydrogens is 344 g/mol. The highest BCUT2D eigenvalue weighted by molar-refractivity contribution is 8.00. The molecule has 3 heterocycles. The van der Waals surface area contributed by atoms with E-state index in [1.165, 1.54) is 5.75 Å². The summed E-state index contributed by atoms with van der Waals surface area (Å²) in [5, 5.41) is 12.7. The van der Waals surface area contributed by atoms with Crippen molar-refractivity contribution in [3.05, 3.63) is 30.2 Å². The molecule has 0 saturated carbocycles. The number of aliphatic imine (C=N–C) groups is 1. The van der Waals surface area contributed by atoms with Crippen molar-refractivity contribution in [2.24, 2.45) is 10.9 Å². The van der Waals surface area contributed by atoms with E-state index in [4.69, 9.17) is 4.99 Å². The van der Waals surface area contributed by atoms with E-state index in [0.717, 1.165) is 56.5 Å². The Hall–Kier alpha value is -1.76. The van der Waals surface area contributed by atoms with Crippen molar-refractivity contribution >= 4 is 23.4 Å². The summed E-state index contributed by atoms with van der Waals surface area (Å²) in [6.07, 6.45) is 3.88. The molecule has 142 valence electrons. The lowest BCUT2D eigenvalue weighted by molar-refractivity contribution is 0.381. The molecular formula is C19H30N6S. The maximum atomic E-state index is 4.88. The lowest BCUT2D eigenvalue weighted by Gasteiger charge is -2.36. The van der Waals surface area contributed by atoms with Crippen LogP contribution in [0.25, 0.3) is 5.65 Å². The summed E-state index contributed by atoms with van der Waals surface area (Å²) in [7, 11) is 0. The van der Waals surface area contributed by atoms with Gasteiger partial charge < -0.3 is 10.2 Å². The van der Waals surface area contributed by atoms with E-state index < -0.39 is 0 Å². The van der Waals surface area contributed by atoms with Gasteiger partial charge in [-0.15, -0.1) is 10.2 Å². The van der Waals surface area contributed by atoms with E-state index in [1.807, 2.05) is 24.4 Å². The molecule has 1 atom stereocenters. The number of rotatable bonds is 6. The number of hydrogen-bond acceptors (Lipinski definition) is 4. The first-order valence-electron chi connectivity index (χ1n) is 9.62. The third kappa shape index (κ3) is 4.69. The van der Waals surface area contributed by atoms with Crippen molar-refractivity contribution in [2.75, 3.05) is 31.9 Å². The Morgan fingerprint density at radius 1 is 1.38 bits per heavy atom. The van der Waals surface area contributed by atoms with Crippen molar-refractivity contribution in [2.45, 2.75) is 38.9 Å². The lowest BCUT2D eigenvalue weighted by Crippen LogP contribution is -2.49. The van der Waals surface area contributed by atoms with Crippen LogP contribution in [0.15, 0.2) is 29.4 Å². The summed E-state index contributed by atoms with van der Waals surface area (Å²) in [5.41, 5.74) is 0.907. The van der Waals surface area contributed by atoms with E-state index in [0.29, 0.717) is 11.2 Å². The number of aryl methyl sites for hydroxylation is 1. The Bertz CT molecular complexity index is 726. The number of guanidine groups is 1. The minimum atomic E-state index is 0.690. The number of pyridine rings is 1. The maximum absolute atomic E-state index is 4.88. The van der Waals surface area contributed by atoms with Gasteiger partial charge in [-0.25, -0.2) is 0 Å². The second-order valence-electron chi connectivity index (χ2n) is 6.98. The van der Waals surface area contributed by atoms with Crippen molar-refractivity contribution in [3.63, 3.8) is 0 Å². The highest BCUT2D eigenvalue weighted by Gasteiger charge is 2.24. The predicted octanol–water partition coefficient (Wildman–Crippen LogP) is 2.70. The van der Waals surface area contributed by atoms with Crippen LogP contribution in [-0.2, 0) is 6.42 Å². The third-order valence-electron chi connectivity index (χ3n) is 4.68. The minimum absolute atomic E-state index is 0.690. The Labute approximate surface area is 160 Å². The topological polar surface area (TPSA) is 57.8 Å². The van der Waals surface area contributed by atoms with Crippen LogP contribution in [0.2, 0.25) is 0 Å². The van der Waals surface area contributed by atoms with Gasteiger partial charge in [-0.05, 0) is 31.4 Å². The number of nitrogens with zero attached hydrogens (tertiary/aromatic N) is 5. The van der Waals surface area contributed by atoms with Gasteiger partial charge in [0.2, 0.25) is 0 Å². The molecule has 1 unspecified atom stereocenters. The molecule has 0 bridgehead atoms. The first-order chi connectivity index (χ1) is 12.7. The van der Waals surface area contributed by atoms with Crippen LogP contribution in [0.4, 0.5) is 0 Å². The van der Waals surface area contributed by atoms with Crippen molar-refractivity contribution < 1.29 is 0 Å². The van der Waals surface area contributed by atoms with Crippen molar-refractivity contribution in [1.82, 2.24) is 24.8 Å². The molecule has 0 radical (unpaired) electrons. The predicted molar refractivity (Wildman–Crippen MR) is 110 cm³/mol. The van der Waals surface area contributed by atoms with Crippen LogP contribution in [0.3, 0.4) is 0 Å². The molecule has 2 aromatic rings. The summed E-state index contributed by atoms with van der Waals surface area (Å²) in [4.78, 5) is 7.30. The Morgan fingerprint density at radius 2 is 2.27 bits per heavy atom. The highest BCUT2D eigenvalue weighted by Crippen LogP contribution is 2.24. The van der Waals surface area contributed by atoms with Crippen molar-refractivity contribution in [1.29, 1.82) is 0 Å². The van der Waals surface area contributed by atoms with Crippen LogP contribution < -0.4 is 5.32 Å². The quantitative estimate of drug-likeness (QED) is 0.479. The van der Waals surface area contributed by atoms with E-state index in [9.17, 15) is 0 Å². The molecule has 7 heteroatoms. The van der Waals surface area contributed by atoms with Gasteiger partial charge in [0.25, 0.3) is 0 Å². The Kier molecular flexibility index (Phi) is 6.77. The molecule has 6 nitrogen and oxygen atoms in total. The molecule has 1 aliphatic heterocycles. The molecule has 1 aliphatic rings. The summed E-state index contributed by atoms with van der Waals surface area (Å²) < 4.78 is 2.06. The average molecular weight is 375 g/mol. The van der Waals surface area contributed by atoms with Crippen LogP contribution in [-0.4, -0.2) is 62.6 Å². The van der Waals surface area contributed by atoms with Crippen LogP contribution in [0.1, 0.15) is 33.0 Å². The average Bonchev–Trinajstić information content (AvgIpc) is 3.07. The van der Waals surface area contributed by atoms with E-state index in [1.54, 1.807) is 0 Å². The maximum Gasteiger partial charge on any atom is 0.193 e. The molecule has 0 spiro atoms. The van der Waals surface area contributed by atoms with Gasteiger partial charge in [0.1, 0.15) is 5.82 Å². The highest BCUT2D eigenvalue weighted by atomic mass is 32.2. The van der Waals surface area contributed by atoms with E-state index in [2.05, 4.69) is 57.3 Å². The van der Waals surface area contributed by atoms with Crippen LogP contribution in [0, 0.1) is 5.92 Å². The molecule has 1 fully saturated rings. The van der Waals surface area contributed by atoms with Crippen molar-refractivity contribution in [3.8, 4) is 0 Å². The summed E-state index contributed by atoms with van der Waals surface area (Å²) >= 11 is 2.10. The monoisotopic (exact) mass is 374 g/mol. The SMILES string of the molecule is CCNC(=NCCCc1nnc2ccccn12)N1CCSC(C(C)C)C1. The fourth-order valence-electron chi connectivity index (χ4n) is 3.18. The standard InChI is InChI=1S/C19H30N6S/c1-4-20-19(24-12-13-26-16(14-24)15(2)3)21-10-7-9-18-23-22-17-8-5-6-11-25(17)18/h5-6,8,11,15-16H,4,7,9-10,12-14H2,1-3H3,(H,20,21). The molecule has 1 saturated heterocycles. The largest absolute Gasteiger partial charge is 0.357 e. The first-order valence-corrected chi connectivity index (χ1v) is 10.7. The van der Waals surface area contributed by atoms with Gasteiger partial charge in [0.05, 0.1) is 0 Å². The number of thioether (sulfide) groups is 1. The number of hydrogen-bond donors (Lipinski definition) is 1. The number of nitrogens with one attached hydrogen (secondary N) is 1. The molecule has 2 aromatic heterocycles. The van der Waals surface area contributed by atoms with Gasteiger partial charge >= 0.3 is 0 Å². The molecule has 0 aromatic carbocycles. The van der Waals surface area contributed by atoms with E-state index in [-0.39, 0.29) is 0 Å². The minimum Gasteiger partial charge on any atom is -0.357 e. The van der Waals surface area contributed by atoms with Gasteiger partial charge in [0.15, 0.2) is 11.6 Å². The molecule has 0 amide bonds. The normalized spacial score (nSPS) is 18.7. The summed E-state index contributed by atoms with van der Waals surface area (Å²) in [6, 6.07) is 5.99.